The zero-order valence-corrected chi connectivity index (χ0v) is 14.4. The molecule has 0 spiro atoms. The molecule has 0 amide bonds. The Morgan fingerprint density at radius 1 is 1.19 bits per heavy atom. The Morgan fingerprint density at radius 3 is 2.81 bits per heavy atom. The minimum Gasteiger partial charge on any atom is -0.458 e. The smallest absolute Gasteiger partial charge is 0.374 e. The molecule has 0 fully saturated rings. The first-order valence-electron chi connectivity index (χ1n) is 8.26. The van der Waals surface area contributed by atoms with Crippen LogP contribution in [0.25, 0.3) is 16.6 Å². The highest BCUT2D eigenvalue weighted by molar-refractivity contribution is 5.96. The normalized spacial score (nSPS) is 11.3. The van der Waals surface area contributed by atoms with Gasteiger partial charge in [-0.2, -0.15) is 0 Å². The number of ether oxygens (including phenoxy) is 1. The van der Waals surface area contributed by atoms with Crippen LogP contribution in [-0.4, -0.2) is 26.8 Å². The zero-order chi connectivity index (χ0) is 18.3. The molecule has 132 valence electrons. The van der Waals surface area contributed by atoms with E-state index < -0.39 is 5.97 Å². The van der Waals surface area contributed by atoms with Crippen molar-refractivity contribution in [2.75, 3.05) is 6.61 Å². The lowest BCUT2D eigenvalue weighted by atomic mass is 10.1. The van der Waals surface area contributed by atoms with Crippen LogP contribution in [0.5, 0.6) is 0 Å². The van der Waals surface area contributed by atoms with E-state index in [0.717, 1.165) is 16.5 Å². The van der Waals surface area contributed by atoms with Crippen LogP contribution < -0.4 is 5.69 Å². The van der Waals surface area contributed by atoms with Gasteiger partial charge in [-0.25, -0.2) is 14.3 Å². The fourth-order valence-corrected chi connectivity index (χ4v) is 2.98. The summed E-state index contributed by atoms with van der Waals surface area (Å²) in [7, 11) is 0. The highest BCUT2D eigenvalue weighted by Gasteiger charge is 2.20. The average molecular weight is 351 g/mol. The van der Waals surface area contributed by atoms with Gasteiger partial charge in [0.05, 0.1) is 6.54 Å². The van der Waals surface area contributed by atoms with Crippen molar-refractivity contribution < 1.29 is 13.9 Å². The molecule has 0 radical (unpaired) electrons. The molecular weight excluding hydrogens is 334 g/mol. The topological polar surface area (TPSA) is 78.7 Å². The number of esters is 1. The molecule has 1 aromatic carbocycles. The highest BCUT2D eigenvalue weighted by Crippen LogP contribution is 2.28. The lowest BCUT2D eigenvalue weighted by Gasteiger charge is -2.03. The predicted octanol–water partition coefficient (Wildman–Crippen LogP) is 2.72. The maximum atomic E-state index is 12.4. The number of carbonyl (C=O) groups is 1. The van der Waals surface area contributed by atoms with Crippen LogP contribution in [0.15, 0.2) is 51.8 Å². The predicted molar refractivity (Wildman–Crippen MR) is 95.4 cm³/mol. The Kier molecular flexibility index (Phi) is 3.84. The molecular formula is C19H17N3O4. The van der Waals surface area contributed by atoms with Crippen molar-refractivity contribution >= 4 is 22.6 Å². The molecule has 4 aromatic rings. The maximum absolute atomic E-state index is 12.4. The highest BCUT2D eigenvalue weighted by atomic mass is 16.5. The molecule has 0 saturated heterocycles. The van der Waals surface area contributed by atoms with E-state index in [2.05, 4.69) is 5.10 Å². The number of aryl methyl sites for hydroxylation is 2. The number of pyridine rings is 1. The second kappa shape index (κ2) is 6.18. The monoisotopic (exact) mass is 351 g/mol. The van der Waals surface area contributed by atoms with Crippen LogP contribution in [0, 0.1) is 13.8 Å². The van der Waals surface area contributed by atoms with Crippen LogP contribution in [-0.2, 0) is 11.3 Å². The van der Waals surface area contributed by atoms with E-state index in [9.17, 15) is 9.59 Å². The Bertz CT molecular complexity index is 1180. The summed E-state index contributed by atoms with van der Waals surface area (Å²) in [5.41, 5.74) is 2.67. The molecule has 0 aliphatic rings. The standard InChI is InChI=1S/C19H17N3O4/c1-12-6-5-7-14-13(2)17(26-16(12)14)18(23)25-11-10-22-19(24)21-9-4-3-8-15(21)20-22/h3-9H,10-11H2,1-2H3. The molecule has 3 heterocycles. The van der Waals surface area contributed by atoms with Gasteiger partial charge < -0.3 is 9.15 Å². The first-order valence-corrected chi connectivity index (χ1v) is 8.26. The van der Waals surface area contributed by atoms with Gasteiger partial charge >= 0.3 is 11.7 Å². The van der Waals surface area contributed by atoms with Crippen molar-refractivity contribution in [2.24, 2.45) is 0 Å². The molecule has 4 rings (SSSR count). The number of hydrogen-bond acceptors (Lipinski definition) is 5. The molecule has 0 unspecified atom stereocenters. The Morgan fingerprint density at radius 2 is 2.04 bits per heavy atom. The van der Waals surface area contributed by atoms with E-state index in [1.165, 1.54) is 9.08 Å². The van der Waals surface area contributed by atoms with Crippen molar-refractivity contribution in [3.8, 4) is 0 Å². The number of fused-ring (bicyclic) bond motifs is 2. The van der Waals surface area contributed by atoms with E-state index in [1.54, 1.807) is 24.4 Å². The molecule has 7 heteroatoms. The van der Waals surface area contributed by atoms with Crippen LogP contribution in [0.2, 0.25) is 0 Å². The lowest BCUT2D eigenvalue weighted by Crippen LogP contribution is -2.24. The van der Waals surface area contributed by atoms with Gasteiger partial charge in [-0.05, 0) is 31.5 Å². The van der Waals surface area contributed by atoms with Gasteiger partial charge in [0.25, 0.3) is 0 Å². The van der Waals surface area contributed by atoms with Crippen molar-refractivity contribution in [1.29, 1.82) is 0 Å². The van der Waals surface area contributed by atoms with Gasteiger partial charge in [0.1, 0.15) is 12.2 Å². The molecule has 0 aliphatic heterocycles. The number of carbonyl (C=O) groups excluding carboxylic acids is 1. The first-order chi connectivity index (χ1) is 12.6. The number of hydrogen-bond donors (Lipinski definition) is 0. The van der Waals surface area contributed by atoms with Crippen LogP contribution in [0.4, 0.5) is 0 Å². The average Bonchev–Trinajstić information content (AvgIpc) is 3.14. The molecule has 26 heavy (non-hydrogen) atoms. The number of para-hydroxylation sites is 1. The summed E-state index contributed by atoms with van der Waals surface area (Å²) >= 11 is 0. The van der Waals surface area contributed by atoms with Gasteiger partial charge in [0.2, 0.25) is 5.76 Å². The quantitative estimate of drug-likeness (QED) is 0.528. The molecule has 0 aliphatic carbocycles. The van der Waals surface area contributed by atoms with Gasteiger partial charge in [0.15, 0.2) is 5.65 Å². The number of rotatable bonds is 4. The summed E-state index contributed by atoms with van der Waals surface area (Å²) in [6.45, 7) is 3.95. The SMILES string of the molecule is Cc1c(C(=O)OCCn2nc3ccccn3c2=O)oc2c(C)cccc12. The summed E-state index contributed by atoms with van der Waals surface area (Å²) in [6, 6.07) is 11.1. The third-order valence-electron chi connectivity index (χ3n) is 4.37. The number of benzene rings is 1. The minimum atomic E-state index is -0.546. The summed E-state index contributed by atoms with van der Waals surface area (Å²) in [5.74, 6) is -0.355. The third-order valence-corrected chi connectivity index (χ3v) is 4.37. The second-order valence-corrected chi connectivity index (χ2v) is 6.08. The van der Waals surface area contributed by atoms with Crippen molar-refractivity contribution in [2.45, 2.75) is 20.4 Å². The summed E-state index contributed by atoms with van der Waals surface area (Å²) in [5, 5.41) is 5.09. The van der Waals surface area contributed by atoms with E-state index >= 15 is 0 Å². The van der Waals surface area contributed by atoms with E-state index in [0.29, 0.717) is 11.2 Å². The summed E-state index contributed by atoms with van der Waals surface area (Å²) < 4.78 is 13.7. The molecule has 0 N–H and O–H groups in total. The minimum absolute atomic E-state index is 0.0259. The van der Waals surface area contributed by atoms with Crippen molar-refractivity contribution in [1.82, 2.24) is 14.2 Å². The molecule has 7 nitrogen and oxygen atoms in total. The van der Waals surface area contributed by atoms with Gasteiger partial charge in [-0.3, -0.25) is 4.40 Å². The molecule has 0 bridgehead atoms. The van der Waals surface area contributed by atoms with Crippen LogP contribution in [0.1, 0.15) is 21.7 Å². The molecule has 3 aromatic heterocycles. The molecule has 0 atom stereocenters. The summed E-state index contributed by atoms with van der Waals surface area (Å²) in [6.07, 6.45) is 1.65. The van der Waals surface area contributed by atoms with Crippen LogP contribution >= 0.6 is 0 Å². The largest absolute Gasteiger partial charge is 0.458 e. The summed E-state index contributed by atoms with van der Waals surface area (Å²) in [4.78, 5) is 24.6. The van der Waals surface area contributed by atoms with Crippen molar-refractivity contribution in [3.05, 3.63) is 70.0 Å². The Labute approximate surface area is 148 Å². The van der Waals surface area contributed by atoms with E-state index in [-0.39, 0.29) is 24.6 Å². The van der Waals surface area contributed by atoms with E-state index in [1.807, 2.05) is 32.0 Å². The second-order valence-electron chi connectivity index (χ2n) is 6.08. The van der Waals surface area contributed by atoms with Crippen molar-refractivity contribution in [3.63, 3.8) is 0 Å². The van der Waals surface area contributed by atoms with Crippen LogP contribution in [0.3, 0.4) is 0 Å². The fraction of sp³-hybridized carbons (Fsp3) is 0.211. The zero-order valence-electron chi connectivity index (χ0n) is 14.4. The van der Waals surface area contributed by atoms with Gasteiger partial charge in [-0.1, -0.05) is 24.3 Å². The van der Waals surface area contributed by atoms with Gasteiger partial charge in [-0.15, -0.1) is 5.10 Å². The number of aromatic nitrogens is 3. The fourth-order valence-electron chi connectivity index (χ4n) is 2.98. The third kappa shape index (κ3) is 2.57. The van der Waals surface area contributed by atoms with E-state index in [4.69, 9.17) is 9.15 Å². The first kappa shape index (κ1) is 16.1. The number of furan rings is 1. The number of nitrogens with zero attached hydrogens (tertiary/aromatic N) is 3. The Hall–Kier alpha value is -3.35. The molecule has 0 saturated carbocycles. The van der Waals surface area contributed by atoms with Gasteiger partial charge in [0, 0.05) is 17.1 Å². The lowest BCUT2D eigenvalue weighted by molar-refractivity contribution is 0.0452. The Balaban J connectivity index is 1.50. The maximum Gasteiger partial charge on any atom is 0.374 e.